The Morgan fingerprint density at radius 3 is 2.38 bits per heavy atom. The van der Waals surface area contributed by atoms with Crippen LogP contribution in [0.4, 0.5) is 0 Å². The molecule has 0 saturated carbocycles. The predicted octanol–water partition coefficient (Wildman–Crippen LogP) is 6.22. The van der Waals surface area contributed by atoms with Gasteiger partial charge in [-0.2, -0.15) is 0 Å². The van der Waals surface area contributed by atoms with E-state index in [-0.39, 0.29) is 11.3 Å². The minimum Gasteiger partial charge on any atom is -0.496 e. The highest BCUT2D eigenvalue weighted by atomic mass is 16.5. The first-order chi connectivity index (χ1) is 17.9. The Morgan fingerprint density at radius 2 is 1.65 bits per heavy atom. The van der Waals surface area contributed by atoms with Crippen molar-refractivity contribution in [2.45, 2.75) is 57.8 Å². The van der Waals surface area contributed by atoms with Crippen LogP contribution in [0.3, 0.4) is 0 Å². The molecule has 1 saturated heterocycles. The van der Waals surface area contributed by atoms with E-state index in [1.54, 1.807) is 7.11 Å². The smallest absolute Gasteiger partial charge is 0.248 e. The van der Waals surface area contributed by atoms with Crippen LogP contribution in [0.5, 0.6) is 5.75 Å². The van der Waals surface area contributed by atoms with Crippen LogP contribution in [0.25, 0.3) is 22.9 Å². The summed E-state index contributed by atoms with van der Waals surface area (Å²) in [5.41, 5.74) is 6.55. The molecule has 0 bridgehead atoms. The second-order valence-corrected chi connectivity index (χ2v) is 10.8. The third-order valence-corrected chi connectivity index (χ3v) is 8.00. The van der Waals surface area contributed by atoms with E-state index in [2.05, 4.69) is 77.5 Å². The summed E-state index contributed by atoms with van der Waals surface area (Å²) in [6, 6.07) is 23.1. The highest BCUT2D eigenvalue weighted by Crippen LogP contribution is 2.45. The molecule has 37 heavy (non-hydrogen) atoms. The fraction of sp³-hybridized carbons (Fsp3) is 0.355. The van der Waals surface area contributed by atoms with Gasteiger partial charge >= 0.3 is 0 Å². The monoisotopic (exact) mass is 495 g/mol. The van der Waals surface area contributed by atoms with Crippen molar-refractivity contribution in [2.75, 3.05) is 13.7 Å². The van der Waals surface area contributed by atoms with E-state index in [0.717, 1.165) is 54.9 Å². The number of aromatic nitrogens is 2. The minimum atomic E-state index is -0.317. The molecule has 6 nitrogen and oxygen atoms in total. The minimum absolute atomic E-state index is 0.0361. The van der Waals surface area contributed by atoms with Gasteiger partial charge in [-0.25, -0.2) is 0 Å². The van der Waals surface area contributed by atoms with E-state index in [0.29, 0.717) is 11.8 Å². The number of benzene rings is 3. The summed E-state index contributed by atoms with van der Waals surface area (Å²) < 4.78 is 17.9. The molecule has 190 valence electrons. The predicted molar refractivity (Wildman–Crippen MR) is 143 cm³/mol. The van der Waals surface area contributed by atoms with Gasteiger partial charge in [0.1, 0.15) is 11.5 Å². The first-order valence-corrected chi connectivity index (χ1v) is 12.9. The van der Waals surface area contributed by atoms with Crippen molar-refractivity contribution in [3.05, 3.63) is 89.0 Å². The number of rotatable bonds is 5. The number of aryl methyl sites for hydroxylation is 2. The standard InChI is InChI=1S/C31H33N3O3/c1-21-16-24(12-13-27(21)35-4)28-32-33-29(37-28)25-11-10-23-14-15-31(18-26(23)17-25)20-36-30(2,3)34(31)19-22-8-6-5-7-9-22/h5-13,16-17H,14-15,18-20H2,1-4H3/t31-/m0/s1. The number of ether oxygens (including phenoxy) is 2. The Balaban J connectivity index is 1.29. The summed E-state index contributed by atoms with van der Waals surface area (Å²) in [5, 5.41) is 8.72. The van der Waals surface area contributed by atoms with Crippen LogP contribution >= 0.6 is 0 Å². The molecule has 1 fully saturated rings. The summed E-state index contributed by atoms with van der Waals surface area (Å²) in [6.07, 6.45) is 3.04. The molecule has 0 radical (unpaired) electrons. The van der Waals surface area contributed by atoms with E-state index < -0.39 is 0 Å². The average molecular weight is 496 g/mol. The molecule has 0 amide bonds. The Labute approximate surface area is 218 Å². The van der Waals surface area contributed by atoms with Crippen molar-refractivity contribution in [2.24, 2.45) is 0 Å². The molecule has 2 heterocycles. The molecule has 1 aliphatic heterocycles. The molecule has 0 N–H and O–H groups in total. The topological polar surface area (TPSA) is 60.6 Å². The van der Waals surface area contributed by atoms with Crippen molar-refractivity contribution in [1.82, 2.24) is 15.1 Å². The van der Waals surface area contributed by atoms with Gasteiger partial charge in [0, 0.05) is 17.7 Å². The normalized spacial score (nSPS) is 20.8. The van der Waals surface area contributed by atoms with E-state index in [1.165, 1.54) is 16.7 Å². The maximum absolute atomic E-state index is 6.40. The molecular weight excluding hydrogens is 462 g/mol. The number of hydrogen-bond acceptors (Lipinski definition) is 6. The first-order valence-electron chi connectivity index (χ1n) is 12.9. The Hall–Kier alpha value is -3.48. The molecule has 6 heteroatoms. The summed E-state index contributed by atoms with van der Waals surface area (Å²) in [7, 11) is 1.67. The maximum atomic E-state index is 6.40. The van der Waals surface area contributed by atoms with Crippen molar-refractivity contribution < 1.29 is 13.9 Å². The van der Waals surface area contributed by atoms with Crippen LogP contribution in [-0.2, 0) is 24.1 Å². The lowest BCUT2D eigenvalue weighted by Crippen LogP contribution is -2.54. The number of nitrogens with zero attached hydrogens (tertiary/aromatic N) is 3. The van der Waals surface area contributed by atoms with Gasteiger partial charge in [-0.3, -0.25) is 4.90 Å². The van der Waals surface area contributed by atoms with Crippen LogP contribution in [0.2, 0.25) is 0 Å². The zero-order chi connectivity index (χ0) is 25.6. The van der Waals surface area contributed by atoms with Crippen LogP contribution in [-0.4, -0.2) is 40.1 Å². The molecule has 1 atom stereocenters. The van der Waals surface area contributed by atoms with E-state index in [9.17, 15) is 0 Å². The van der Waals surface area contributed by atoms with Gasteiger partial charge < -0.3 is 13.9 Å². The number of methoxy groups -OCH3 is 1. The lowest BCUT2D eigenvalue weighted by molar-refractivity contribution is -0.0673. The SMILES string of the molecule is COc1ccc(-c2nnc(-c3ccc4c(c3)C[C@@]3(CC4)COC(C)(C)N3Cc3ccccc3)o2)cc1C. The van der Waals surface area contributed by atoms with E-state index >= 15 is 0 Å². The Morgan fingerprint density at radius 1 is 0.919 bits per heavy atom. The third-order valence-electron chi connectivity index (χ3n) is 8.00. The van der Waals surface area contributed by atoms with Crippen LogP contribution in [0.1, 0.15) is 42.5 Å². The largest absolute Gasteiger partial charge is 0.496 e. The molecule has 4 aromatic rings. The second-order valence-electron chi connectivity index (χ2n) is 10.8. The van der Waals surface area contributed by atoms with Gasteiger partial charge in [-0.15, -0.1) is 10.2 Å². The fourth-order valence-corrected chi connectivity index (χ4v) is 5.96. The lowest BCUT2D eigenvalue weighted by Gasteiger charge is -2.45. The zero-order valence-corrected chi connectivity index (χ0v) is 22.0. The summed E-state index contributed by atoms with van der Waals surface area (Å²) in [6.45, 7) is 8.00. The van der Waals surface area contributed by atoms with E-state index in [4.69, 9.17) is 13.9 Å². The van der Waals surface area contributed by atoms with Gasteiger partial charge in [0.25, 0.3) is 0 Å². The van der Waals surface area contributed by atoms with Gasteiger partial charge in [-0.1, -0.05) is 36.4 Å². The average Bonchev–Trinajstić information content (AvgIpc) is 3.49. The quantitative estimate of drug-likeness (QED) is 0.328. The van der Waals surface area contributed by atoms with Crippen LogP contribution in [0, 0.1) is 6.92 Å². The summed E-state index contributed by atoms with van der Waals surface area (Å²) in [5.74, 6) is 1.89. The van der Waals surface area contributed by atoms with Crippen LogP contribution < -0.4 is 4.74 Å². The number of hydrogen-bond donors (Lipinski definition) is 0. The van der Waals surface area contributed by atoms with E-state index in [1.807, 2.05) is 25.1 Å². The molecule has 1 spiro atoms. The zero-order valence-electron chi connectivity index (χ0n) is 22.0. The number of fused-ring (bicyclic) bond motifs is 1. The van der Waals surface area contributed by atoms with Crippen LogP contribution in [0.15, 0.2) is 71.1 Å². The highest BCUT2D eigenvalue weighted by molar-refractivity contribution is 5.61. The maximum Gasteiger partial charge on any atom is 0.248 e. The molecule has 1 aromatic heterocycles. The van der Waals surface area contributed by atoms with Crippen molar-refractivity contribution in [3.8, 4) is 28.7 Å². The Kier molecular flexibility index (Phi) is 5.89. The summed E-state index contributed by atoms with van der Waals surface area (Å²) >= 11 is 0. The van der Waals surface area contributed by atoms with Gasteiger partial charge in [0.05, 0.1) is 19.3 Å². The molecular formula is C31H33N3O3. The third kappa shape index (κ3) is 4.34. The Bertz CT molecular complexity index is 1430. The van der Waals surface area contributed by atoms with Crippen molar-refractivity contribution >= 4 is 0 Å². The van der Waals surface area contributed by atoms with Crippen molar-refractivity contribution in [3.63, 3.8) is 0 Å². The second kappa shape index (κ2) is 9.12. The van der Waals surface area contributed by atoms with Gasteiger partial charge in [0.15, 0.2) is 0 Å². The fourth-order valence-electron chi connectivity index (χ4n) is 5.96. The first kappa shape index (κ1) is 23.9. The molecule has 0 unspecified atom stereocenters. The molecule has 6 rings (SSSR count). The van der Waals surface area contributed by atoms with Crippen molar-refractivity contribution in [1.29, 1.82) is 0 Å². The molecule has 3 aromatic carbocycles. The lowest BCUT2D eigenvalue weighted by atomic mass is 9.76. The van der Waals surface area contributed by atoms with Gasteiger partial charge in [0.2, 0.25) is 11.8 Å². The highest BCUT2D eigenvalue weighted by Gasteiger charge is 2.52. The molecule has 1 aliphatic carbocycles. The molecule has 2 aliphatic rings. The van der Waals surface area contributed by atoms with Gasteiger partial charge in [-0.05, 0) is 92.6 Å². The summed E-state index contributed by atoms with van der Waals surface area (Å²) in [4.78, 5) is 2.57.